The van der Waals surface area contributed by atoms with Crippen molar-refractivity contribution >= 4 is 32.9 Å². The van der Waals surface area contributed by atoms with E-state index in [4.69, 9.17) is 4.98 Å². The molecule has 2 aromatic heterocycles. The van der Waals surface area contributed by atoms with E-state index >= 15 is 0 Å². The number of fused-ring (bicyclic) bond motifs is 1. The molecule has 3 heterocycles. The minimum atomic E-state index is -0.512. The Hall–Kier alpha value is -3.00. The highest BCUT2D eigenvalue weighted by molar-refractivity contribution is 9.10. The molecule has 164 valence electrons. The van der Waals surface area contributed by atoms with Crippen molar-refractivity contribution < 1.29 is 4.79 Å². The molecule has 4 aromatic rings. The largest absolute Gasteiger partial charge is 0.329 e. The normalized spacial score (nSPS) is 18.6. The Balaban J connectivity index is 1.63. The molecule has 0 spiro atoms. The van der Waals surface area contributed by atoms with Gasteiger partial charge in [0.1, 0.15) is 5.82 Å². The number of likely N-dealkylation sites (tertiary alicyclic amines) is 1. The first-order valence-electron chi connectivity index (χ1n) is 10.7. The Morgan fingerprint density at radius 3 is 2.62 bits per heavy atom. The molecule has 1 amide bonds. The van der Waals surface area contributed by atoms with E-state index in [1.54, 1.807) is 12.4 Å². The van der Waals surface area contributed by atoms with Crippen molar-refractivity contribution in [2.24, 2.45) is 7.05 Å². The first-order chi connectivity index (χ1) is 15.3. The average molecular weight is 493 g/mol. The summed E-state index contributed by atoms with van der Waals surface area (Å²) in [7, 11) is 2.05. The van der Waals surface area contributed by atoms with E-state index in [1.165, 1.54) is 4.80 Å². The van der Waals surface area contributed by atoms with Crippen LogP contribution < -0.4 is 0 Å². The van der Waals surface area contributed by atoms with Crippen molar-refractivity contribution in [3.8, 4) is 5.69 Å². The van der Waals surface area contributed by atoms with Crippen LogP contribution in [0.15, 0.2) is 47.2 Å². The predicted octanol–water partition coefficient (Wildman–Crippen LogP) is 4.68. The van der Waals surface area contributed by atoms with E-state index < -0.39 is 5.54 Å². The molecule has 1 fully saturated rings. The maximum Gasteiger partial charge on any atom is 0.256 e. The molecule has 0 aliphatic carbocycles. The summed E-state index contributed by atoms with van der Waals surface area (Å²) in [6.07, 6.45) is 5.02. The summed E-state index contributed by atoms with van der Waals surface area (Å²) < 4.78 is 3.15. The third-order valence-corrected chi connectivity index (χ3v) is 6.97. The van der Waals surface area contributed by atoms with E-state index in [2.05, 4.69) is 50.6 Å². The van der Waals surface area contributed by atoms with Crippen molar-refractivity contribution in [3.05, 3.63) is 69.7 Å². The summed E-state index contributed by atoms with van der Waals surface area (Å²) in [4.78, 5) is 22.5. The van der Waals surface area contributed by atoms with Gasteiger partial charge in [0.25, 0.3) is 5.91 Å². The Labute approximate surface area is 195 Å². The molecule has 8 heteroatoms. The minimum Gasteiger partial charge on any atom is -0.329 e. The molecule has 32 heavy (non-hydrogen) atoms. The molecule has 0 N–H and O–H groups in total. The molecule has 2 aromatic carbocycles. The number of rotatable bonds is 3. The third kappa shape index (κ3) is 3.16. The number of halogens is 1. The second kappa shape index (κ2) is 7.55. The van der Waals surface area contributed by atoms with Crippen molar-refractivity contribution in [2.45, 2.75) is 39.2 Å². The molecule has 1 saturated heterocycles. The molecule has 1 aliphatic heterocycles. The minimum absolute atomic E-state index is 0.0223. The van der Waals surface area contributed by atoms with E-state index in [0.717, 1.165) is 45.3 Å². The van der Waals surface area contributed by atoms with Crippen molar-refractivity contribution in [3.63, 3.8) is 0 Å². The monoisotopic (exact) mass is 492 g/mol. The van der Waals surface area contributed by atoms with Gasteiger partial charge in [-0.1, -0.05) is 27.6 Å². The number of carbonyl (C=O) groups is 1. The first-order valence-corrected chi connectivity index (χ1v) is 11.5. The van der Waals surface area contributed by atoms with Crippen LogP contribution in [0.25, 0.3) is 16.7 Å². The molecule has 0 bridgehead atoms. The maximum absolute atomic E-state index is 14.0. The van der Waals surface area contributed by atoms with Gasteiger partial charge in [0.05, 0.1) is 40.2 Å². The predicted molar refractivity (Wildman–Crippen MR) is 127 cm³/mol. The Bertz CT molecular complexity index is 1340. The van der Waals surface area contributed by atoms with Gasteiger partial charge < -0.3 is 9.47 Å². The highest BCUT2D eigenvalue weighted by Crippen LogP contribution is 2.41. The highest BCUT2D eigenvalue weighted by Gasteiger charge is 2.45. The van der Waals surface area contributed by atoms with Crippen LogP contribution in [0.1, 0.15) is 47.1 Å². The number of aromatic nitrogens is 5. The Morgan fingerprint density at radius 2 is 1.88 bits per heavy atom. The smallest absolute Gasteiger partial charge is 0.256 e. The number of hydrogen-bond acceptors (Lipinski definition) is 4. The maximum atomic E-state index is 14.0. The van der Waals surface area contributed by atoms with Crippen LogP contribution in [0.3, 0.4) is 0 Å². The summed E-state index contributed by atoms with van der Waals surface area (Å²) in [6.45, 7) is 6.90. The van der Waals surface area contributed by atoms with Gasteiger partial charge in [0.2, 0.25) is 0 Å². The molecule has 1 unspecified atom stereocenters. The zero-order chi connectivity index (χ0) is 22.6. The van der Waals surface area contributed by atoms with E-state index in [9.17, 15) is 4.79 Å². The third-order valence-electron chi connectivity index (χ3n) is 6.51. The molecule has 5 rings (SSSR count). The second-order valence-electron chi connectivity index (χ2n) is 8.76. The Morgan fingerprint density at radius 1 is 1.12 bits per heavy atom. The van der Waals surface area contributed by atoms with Gasteiger partial charge in [0.15, 0.2) is 0 Å². The lowest BCUT2D eigenvalue weighted by Crippen LogP contribution is -2.44. The van der Waals surface area contributed by atoms with Crippen LogP contribution in [0.5, 0.6) is 0 Å². The number of amides is 1. The summed E-state index contributed by atoms with van der Waals surface area (Å²) >= 11 is 3.59. The van der Waals surface area contributed by atoms with Crippen LogP contribution in [-0.4, -0.2) is 41.9 Å². The number of benzene rings is 2. The summed E-state index contributed by atoms with van der Waals surface area (Å²) in [6, 6.07) is 9.95. The lowest BCUT2D eigenvalue weighted by Gasteiger charge is -2.35. The molecule has 1 aliphatic rings. The fraction of sp³-hybridized carbons (Fsp3) is 0.333. The summed E-state index contributed by atoms with van der Waals surface area (Å²) in [5, 5.41) is 8.51. The van der Waals surface area contributed by atoms with Gasteiger partial charge in [-0.25, -0.2) is 4.98 Å². The second-order valence-corrected chi connectivity index (χ2v) is 9.67. The van der Waals surface area contributed by atoms with Gasteiger partial charge in [-0.05, 0) is 63.4 Å². The molecule has 0 radical (unpaired) electrons. The van der Waals surface area contributed by atoms with Gasteiger partial charge >= 0.3 is 0 Å². The van der Waals surface area contributed by atoms with Gasteiger partial charge in [-0.2, -0.15) is 15.0 Å². The number of imidazole rings is 1. The standard InChI is InChI=1S/C24H25BrN6O/c1-15-6-7-20(31-26-9-10-27-31)18(12-15)22(32)30-11-5-8-24(30,3)23-28-19-14-17(25)13-16(2)21(19)29(23)4/h6-7,9-10,12-14H,5,8,11H2,1-4H3. The lowest BCUT2D eigenvalue weighted by atomic mass is 9.96. The zero-order valence-electron chi connectivity index (χ0n) is 18.6. The van der Waals surface area contributed by atoms with Crippen LogP contribution in [-0.2, 0) is 12.6 Å². The van der Waals surface area contributed by atoms with Crippen molar-refractivity contribution in [2.75, 3.05) is 6.54 Å². The van der Waals surface area contributed by atoms with Crippen LogP contribution in [0, 0.1) is 13.8 Å². The SMILES string of the molecule is Cc1ccc(-n2nccn2)c(C(=O)N2CCCC2(C)c2nc3cc(Br)cc(C)c3n2C)c1. The quantitative estimate of drug-likeness (QED) is 0.416. The van der Waals surface area contributed by atoms with Crippen LogP contribution in [0.2, 0.25) is 0 Å². The number of nitrogens with zero attached hydrogens (tertiary/aromatic N) is 6. The average Bonchev–Trinajstić information content (AvgIpc) is 3.47. The number of hydrogen-bond donors (Lipinski definition) is 0. The van der Waals surface area contributed by atoms with Gasteiger partial charge in [0, 0.05) is 18.1 Å². The van der Waals surface area contributed by atoms with Gasteiger partial charge in [-0.15, -0.1) is 0 Å². The Kier molecular flexibility index (Phi) is 4.93. The topological polar surface area (TPSA) is 68.8 Å². The van der Waals surface area contributed by atoms with Crippen molar-refractivity contribution in [1.82, 2.24) is 29.4 Å². The van der Waals surface area contributed by atoms with Crippen molar-refractivity contribution in [1.29, 1.82) is 0 Å². The highest BCUT2D eigenvalue weighted by atomic mass is 79.9. The van der Waals surface area contributed by atoms with E-state index in [0.29, 0.717) is 17.8 Å². The summed E-state index contributed by atoms with van der Waals surface area (Å²) in [5.41, 5.74) is 4.99. The first kappa shape index (κ1) is 20.9. The fourth-order valence-corrected chi connectivity index (χ4v) is 5.58. The number of aryl methyl sites for hydroxylation is 3. The molecule has 1 atom stereocenters. The summed E-state index contributed by atoms with van der Waals surface area (Å²) in [5.74, 6) is 0.886. The van der Waals surface area contributed by atoms with Crippen LogP contribution in [0.4, 0.5) is 0 Å². The molecule has 7 nitrogen and oxygen atoms in total. The number of carbonyl (C=O) groups excluding carboxylic acids is 1. The zero-order valence-corrected chi connectivity index (χ0v) is 20.2. The van der Waals surface area contributed by atoms with E-state index in [-0.39, 0.29) is 5.91 Å². The molecule has 0 saturated carbocycles. The van der Waals surface area contributed by atoms with Crippen LogP contribution >= 0.6 is 15.9 Å². The fourth-order valence-electron chi connectivity index (χ4n) is 5.02. The molecular weight excluding hydrogens is 468 g/mol. The molecular formula is C24H25BrN6O. The van der Waals surface area contributed by atoms with Gasteiger partial charge in [-0.3, -0.25) is 4.79 Å². The lowest BCUT2D eigenvalue weighted by molar-refractivity contribution is 0.0599. The van der Waals surface area contributed by atoms with E-state index in [1.807, 2.05) is 43.1 Å².